The second-order valence-electron chi connectivity index (χ2n) is 3.84. The zero-order chi connectivity index (χ0) is 11.1. The van der Waals surface area contributed by atoms with Gasteiger partial charge in [0.15, 0.2) is 0 Å². The van der Waals surface area contributed by atoms with E-state index >= 15 is 0 Å². The van der Waals surface area contributed by atoms with Crippen LogP contribution in [-0.2, 0) is 9.53 Å². The molecule has 0 N–H and O–H groups in total. The second-order valence-corrected chi connectivity index (χ2v) is 3.84. The summed E-state index contributed by atoms with van der Waals surface area (Å²) < 4.78 is 5.12. The summed E-state index contributed by atoms with van der Waals surface area (Å²) in [5, 5.41) is 0. The molecule has 80 valence electrons. The number of allylic oxidation sites excluding steroid dienone is 3. The molecule has 0 aliphatic heterocycles. The average molecular weight is 196 g/mol. The first-order valence-electron chi connectivity index (χ1n) is 4.98. The van der Waals surface area contributed by atoms with Crippen LogP contribution in [0.15, 0.2) is 24.0 Å². The molecule has 0 rings (SSSR count). The normalized spacial score (nSPS) is 12.4. The van der Waals surface area contributed by atoms with Gasteiger partial charge in [-0.25, -0.2) is 0 Å². The molecule has 0 aromatic rings. The number of hydrogen-bond donors (Lipinski definition) is 0. The van der Waals surface area contributed by atoms with Gasteiger partial charge >= 0.3 is 5.97 Å². The van der Waals surface area contributed by atoms with Gasteiger partial charge in [0.25, 0.3) is 0 Å². The molecule has 0 spiro atoms. The maximum atomic E-state index is 10.8. The molecule has 0 radical (unpaired) electrons. The third kappa shape index (κ3) is 5.57. The van der Waals surface area contributed by atoms with E-state index in [0.29, 0.717) is 5.92 Å². The quantitative estimate of drug-likeness (QED) is 0.382. The van der Waals surface area contributed by atoms with Crippen molar-refractivity contribution in [3.8, 4) is 0 Å². The Balaban J connectivity index is 4.41. The van der Waals surface area contributed by atoms with Crippen LogP contribution in [0.4, 0.5) is 0 Å². The van der Waals surface area contributed by atoms with Gasteiger partial charge in [-0.1, -0.05) is 26.5 Å². The molecule has 0 saturated heterocycles. The zero-order valence-electron chi connectivity index (χ0n) is 9.59. The first-order valence-corrected chi connectivity index (χ1v) is 4.98. The molecule has 0 aromatic heterocycles. The van der Waals surface area contributed by atoms with Gasteiger partial charge in [0.05, 0.1) is 0 Å². The first kappa shape index (κ1) is 12.9. The number of carbonyl (C=O) groups excluding carboxylic acids is 1. The Morgan fingerprint density at radius 2 is 2.00 bits per heavy atom. The van der Waals surface area contributed by atoms with Gasteiger partial charge in [-0.15, -0.1) is 0 Å². The molecule has 0 bridgehead atoms. The van der Waals surface area contributed by atoms with Gasteiger partial charge in [0, 0.05) is 13.3 Å². The van der Waals surface area contributed by atoms with E-state index in [1.807, 2.05) is 6.92 Å². The van der Waals surface area contributed by atoms with Gasteiger partial charge in [-0.3, -0.25) is 4.79 Å². The summed E-state index contributed by atoms with van der Waals surface area (Å²) in [4.78, 5) is 10.8. The molecule has 0 saturated carbocycles. The van der Waals surface area contributed by atoms with Crippen LogP contribution in [0.2, 0.25) is 0 Å². The molecule has 0 aliphatic rings. The number of carbonyl (C=O) groups is 1. The predicted octanol–water partition coefficient (Wildman–Crippen LogP) is 3.45. The van der Waals surface area contributed by atoms with Crippen LogP contribution in [0.1, 0.15) is 40.5 Å². The monoisotopic (exact) mass is 196 g/mol. The van der Waals surface area contributed by atoms with Crippen molar-refractivity contribution in [1.82, 2.24) is 0 Å². The molecule has 0 atom stereocenters. The standard InChI is InChI=1S/C12H20O2/c1-6-10(4)12(14-11(5)13)8-7-9(2)3/h6,9H,1,7-8H2,2-5H3. The smallest absolute Gasteiger partial charge is 0.307 e. The van der Waals surface area contributed by atoms with E-state index in [1.165, 1.54) is 6.92 Å². The summed E-state index contributed by atoms with van der Waals surface area (Å²) in [6.45, 7) is 11.3. The maximum absolute atomic E-state index is 10.8. The molecule has 0 aliphatic carbocycles. The molecule has 2 heteroatoms. The lowest BCUT2D eigenvalue weighted by atomic mass is 10.1. The van der Waals surface area contributed by atoms with Crippen LogP contribution in [-0.4, -0.2) is 5.97 Å². The summed E-state index contributed by atoms with van der Waals surface area (Å²) in [5.74, 6) is 1.10. The highest BCUT2D eigenvalue weighted by atomic mass is 16.5. The Bertz CT molecular complexity index is 237. The Labute approximate surface area is 86.6 Å². The van der Waals surface area contributed by atoms with Gasteiger partial charge in [0.1, 0.15) is 5.76 Å². The van der Waals surface area contributed by atoms with Crippen LogP contribution in [0.5, 0.6) is 0 Å². The predicted molar refractivity (Wildman–Crippen MR) is 58.7 cm³/mol. The van der Waals surface area contributed by atoms with E-state index in [2.05, 4.69) is 20.4 Å². The third-order valence-corrected chi connectivity index (χ3v) is 1.96. The van der Waals surface area contributed by atoms with Crippen molar-refractivity contribution < 1.29 is 9.53 Å². The van der Waals surface area contributed by atoms with Crippen LogP contribution in [0, 0.1) is 5.92 Å². The van der Waals surface area contributed by atoms with Crippen molar-refractivity contribution in [2.75, 3.05) is 0 Å². The lowest BCUT2D eigenvalue weighted by Crippen LogP contribution is -2.02. The summed E-state index contributed by atoms with van der Waals surface area (Å²) in [6, 6.07) is 0. The van der Waals surface area contributed by atoms with Gasteiger partial charge in [-0.2, -0.15) is 0 Å². The molecule has 14 heavy (non-hydrogen) atoms. The van der Waals surface area contributed by atoms with Crippen LogP contribution < -0.4 is 0 Å². The highest BCUT2D eigenvalue weighted by Gasteiger charge is 2.06. The fourth-order valence-corrected chi connectivity index (χ4v) is 1.04. The largest absolute Gasteiger partial charge is 0.431 e. The maximum Gasteiger partial charge on any atom is 0.307 e. The zero-order valence-corrected chi connectivity index (χ0v) is 9.59. The van der Waals surface area contributed by atoms with Crippen molar-refractivity contribution >= 4 is 5.97 Å². The number of ether oxygens (including phenoxy) is 1. The van der Waals surface area contributed by atoms with Gasteiger partial charge in [-0.05, 0) is 24.8 Å². The van der Waals surface area contributed by atoms with Crippen LogP contribution in [0.3, 0.4) is 0 Å². The average Bonchev–Trinajstić information content (AvgIpc) is 2.10. The van der Waals surface area contributed by atoms with Crippen molar-refractivity contribution in [2.24, 2.45) is 5.92 Å². The Hall–Kier alpha value is -1.05. The van der Waals surface area contributed by atoms with E-state index < -0.39 is 0 Å². The summed E-state index contributed by atoms with van der Waals surface area (Å²) in [6.07, 6.45) is 3.54. The SMILES string of the molecule is C=CC(C)=C(CCC(C)C)OC(C)=O. The molecular weight excluding hydrogens is 176 g/mol. The Morgan fingerprint density at radius 1 is 1.43 bits per heavy atom. The molecular formula is C12H20O2. The Kier molecular flexibility index (Phi) is 5.93. The highest BCUT2D eigenvalue weighted by Crippen LogP contribution is 2.17. The molecule has 2 nitrogen and oxygen atoms in total. The summed E-state index contributed by atoms with van der Waals surface area (Å²) in [7, 11) is 0. The summed E-state index contributed by atoms with van der Waals surface area (Å²) in [5.41, 5.74) is 0.945. The number of esters is 1. The highest BCUT2D eigenvalue weighted by molar-refractivity contribution is 5.67. The third-order valence-electron chi connectivity index (χ3n) is 1.96. The molecule has 0 amide bonds. The molecule has 0 unspecified atom stereocenters. The fraction of sp³-hybridized carbons (Fsp3) is 0.583. The van der Waals surface area contributed by atoms with Crippen molar-refractivity contribution in [3.63, 3.8) is 0 Å². The fourth-order valence-electron chi connectivity index (χ4n) is 1.04. The minimum absolute atomic E-state index is 0.259. The van der Waals surface area contributed by atoms with Crippen molar-refractivity contribution in [2.45, 2.75) is 40.5 Å². The Morgan fingerprint density at radius 3 is 2.36 bits per heavy atom. The molecule has 0 aromatic carbocycles. The molecule has 0 fully saturated rings. The van der Waals surface area contributed by atoms with Crippen molar-refractivity contribution in [1.29, 1.82) is 0 Å². The minimum Gasteiger partial charge on any atom is -0.431 e. The van der Waals surface area contributed by atoms with Gasteiger partial charge < -0.3 is 4.74 Å². The summed E-state index contributed by atoms with van der Waals surface area (Å²) >= 11 is 0. The van der Waals surface area contributed by atoms with E-state index in [9.17, 15) is 4.79 Å². The van der Waals surface area contributed by atoms with Gasteiger partial charge in [0.2, 0.25) is 0 Å². The van der Waals surface area contributed by atoms with E-state index in [0.717, 1.165) is 24.2 Å². The van der Waals surface area contributed by atoms with Crippen molar-refractivity contribution in [3.05, 3.63) is 24.0 Å². The molecule has 0 heterocycles. The first-order chi connectivity index (χ1) is 6.47. The number of rotatable bonds is 5. The van der Waals surface area contributed by atoms with E-state index in [1.54, 1.807) is 6.08 Å². The van der Waals surface area contributed by atoms with E-state index in [4.69, 9.17) is 4.74 Å². The topological polar surface area (TPSA) is 26.3 Å². The van der Waals surface area contributed by atoms with Crippen LogP contribution >= 0.6 is 0 Å². The number of hydrogen-bond acceptors (Lipinski definition) is 2. The minimum atomic E-state index is -0.259. The second kappa shape index (κ2) is 6.41. The lowest BCUT2D eigenvalue weighted by Gasteiger charge is -2.10. The van der Waals surface area contributed by atoms with E-state index in [-0.39, 0.29) is 5.97 Å². The van der Waals surface area contributed by atoms with Crippen LogP contribution in [0.25, 0.3) is 0 Å². The lowest BCUT2D eigenvalue weighted by molar-refractivity contribution is -0.137.